The summed E-state index contributed by atoms with van der Waals surface area (Å²) in [6.45, 7) is 2.50. The largest absolute Gasteiger partial charge is 0.492 e. The third kappa shape index (κ3) is 3.95. The fourth-order valence-electron chi connectivity index (χ4n) is 1.65. The molecule has 0 amide bonds. The summed E-state index contributed by atoms with van der Waals surface area (Å²) in [6, 6.07) is 5.64. The Morgan fingerprint density at radius 3 is 3.00 bits per heavy atom. The van der Waals surface area contributed by atoms with Crippen LogP contribution in [0, 0.1) is 6.92 Å². The molecule has 1 heterocycles. The Labute approximate surface area is 126 Å². The number of hydrogen-bond donors (Lipinski definition) is 1. The second-order valence-electron chi connectivity index (χ2n) is 4.32. The Morgan fingerprint density at radius 2 is 2.30 bits per heavy atom. The Morgan fingerprint density at radius 1 is 1.50 bits per heavy atom. The SMILES string of the molecule is Cc1ccc(Cl)c(OCCCc2nc(C(=O)O)cs2)c1. The molecule has 0 saturated heterocycles. The van der Waals surface area contributed by atoms with E-state index in [1.165, 1.54) is 11.3 Å². The van der Waals surface area contributed by atoms with Crippen LogP contribution in [0.25, 0.3) is 0 Å². The molecule has 0 aliphatic rings. The Kier molecular flexibility index (Phi) is 4.98. The number of rotatable bonds is 6. The van der Waals surface area contributed by atoms with Gasteiger partial charge in [0.1, 0.15) is 5.75 Å². The molecule has 2 rings (SSSR count). The number of carbonyl (C=O) groups is 1. The first-order valence-corrected chi connectivity index (χ1v) is 7.38. The summed E-state index contributed by atoms with van der Waals surface area (Å²) in [6.07, 6.45) is 1.46. The molecule has 4 nitrogen and oxygen atoms in total. The van der Waals surface area contributed by atoms with Gasteiger partial charge in [0.15, 0.2) is 5.69 Å². The van der Waals surface area contributed by atoms with Gasteiger partial charge in [-0.15, -0.1) is 11.3 Å². The van der Waals surface area contributed by atoms with Gasteiger partial charge < -0.3 is 9.84 Å². The first kappa shape index (κ1) is 14.8. The number of carboxylic acid groups (broad SMARTS) is 1. The molecule has 0 spiro atoms. The predicted octanol–water partition coefficient (Wildman–Crippen LogP) is 3.81. The number of aromatic nitrogens is 1. The number of aryl methyl sites for hydroxylation is 2. The van der Waals surface area contributed by atoms with E-state index in [1.54, 1.807) is 5.38 Å². The molecular weight excluding hydrogens is 298 g/mol. The van der Waals surface area contributed by atoms with Crippen LogP contribution < -0.4 is 4.74 Å². The maximum Gasteiger partial charge on any atom is 0.355 e. The summed E-state index contributed by atoms with van der Waals surface area (Å²) in [7, 11) is 0. The Hall–Kier alpha value is -1.59. The van der Waals surface area contributed by atoms with Crippen molar-refractivity contribution < 1.29 is 14.6 Å². The minimum atomic E-state index is -0.990. The van der Waals surface area contributed by atoms with Crippen LogP contribution in [0.3, 0.4) is 0 Å². The third-order valence-corrected chi connectivity index (χ3v) is 3.87. The molecule has 6 heteroatoms. The minimum Gasteiger partial charge on any atom is -0.492 e. The average molecular weight is 312 g/mol. The molecule has 0 atom stereocenters. The van der Waals surface area contributed by atoms with E-state index < -0.39 is 5.97 Å². The van der Waals surface area contributed by atoms with Gasteiger partial charge in [0.25, 0.3) is 0 Å². The van der Waals surface area contributed by atoms with E-state index in [1.807, 2.05) is 25.1 Å². The predicted molar refractivity (Wildman–Crippen MR) is 79.1 cm³/mol. The second kappa shape index (κ2) is 6.72. The fourth-order valence-corrected chi connectivity index (χ4v) is 2.64. The molecule has 20 heavy (non-hydrogen) atoms. The van der Waals surface area contributed by atoms with Crippen molar-refractivity contribution in [2.45, 2.75) is 19.8 Å². The molecule has 2 aromatic rings. The zero-order valence-electron chi connectivity index (χ0n) is 10.9. The van der Waals surface area contributed by atoms with Crippen molar-refractivity contribution in [2.24, 2.45) is 0 Å². The van der Waals surface area contributed by atoms with E-state index in [0.717, 1.165) is 17.0 Å². The highest BCUT2D eigenvalue weighted by molar-refractivity contribution is 7.09. The van der Waals surface area contributed by atoms with Crippen LogP contribution in [-0.4, -0.2) is 22.7 Å². The van der Waals surface area contributed by atoms with Gasteiger partial charge in [-0.3, -0.25) is 0 Å². The van der Waals surface area contributed by atoms with Crippen molar-refractivity contribution in [3.63, 3.8) is 0 Å². The standard InChI is InChI=1S/C14H14ClNO3S/c1-9-4-5-10(15)12(7-9)19-6-2-3-13-16-11(8-20-13)14(17)18/h4-5,7-8H,2-3,6H2,1H3,(H,17,18). The first-order valence-electron chi connectivity index (χ1n) is 6.13. The summed E-state index contributed by atoms with van der Waals surface area (Å²) >= 11 is 7.39. The van der Waals surface area contributed by atoms with Crippen LogP contribution in [0.5, 0.6) is 5.75 Å². The van der Waals surface area contributed by atoms with Crippen molar-refractivity contribution in [3.05, 3.63) is 44.9 Å². The van der Waals surface area contributed by atoms with Crippen molar-refractivity contribution in [2.75, 3.05) is 6.61 Å². The lowest BCUT2D eigenvalue weighted by Crippen LogP contribution is -2.01. The smallest absolute Gasteiger partial charge is 0.355 e. The van der Waals surface area contributed by atoms with Crippen molar-refractivity contribution in [1.82, 2.24) is 4.98 Å². The van der Waals surface area contributed by atoms with Crippen LogP contribution >= 0.6 is 22.9 Å². The second-order valence-corrected chi connectivity index (χ2v) is 5.67. The molecule has 0 saturated carbocycles. The van der Waals surface area contributed by atoms with E-state index in [2.05, 4.69) is 4.98 Å². The zero-order chi connectivity index (χ0) is 14.5. The number of benzene rings is 1. The van der Waals surface area contributed by atoms with E-state index in [0.29, 0.717) is 23.8 Å². The molecule has 1 aromatic heterocycles. The summed E-state index contributed by atoms with van der Waals surface area (Å²) in [5, 5.41) is 11.7. The summed E-state index contributed by atoms with van der Waals surface area (Å²) in [5.41, 5.74) is 1.20. The van der Waals surface area contributed by atoms with Crippen molar-refractivity contribution in [1.29, 1.82) is 0 Å². The summed E-state index contributed by atoms with van der Waals surface area (Å²) < 4.78 is 5.62. The van der Waals surface area contributed by atoms with Crippen molar-refractivity contribution in [3.8, 4) is 5.75 Å². The highest BCUT2D eigenvalue weighted by atomic mass is 35.5. The minimum absolute atomic E-state index is 0.104. The molecule has 0 aliphatic heterocycles. The molecule has 0 aliphatic carbocycles. The highest BCUT2D eigenvalue weighted by Gasteiger charge is 2.08. The van der Waals surface area contributed by atoms with Crippen LogP contribution in [0.2, 0.25) is 5.02 Å². The topological polar surface area (TPSA) is 59.4 Å². The maximum absolute atomic E-state index is 10.7. The monoisotopic (exact) mass is 311 g/mol. The lowest BCUT2D eigenvalue weighted by Gasteiger charge is -2.08. The van der Waals surface area contributed by atoms with Gasteiger partial charge in [-0.1, -0.05) is 17.7 Å². The van der Waals surface area contributed by atoms with E-state index in [-0.39, 0.29) is 5.69 Å². The number of carboxylic acids is 1. The van der Waals surface area contributed by atoms with Gasteiger partial charge in [-0.2, -0.15) is 0 Å². The molecular formula is C14H14ClNO3S. The maximum atomic E-state index is 10.7. The Bertz CT molecular complexity index is 612. The van der Waals surface area contributed by atoms with Gasteiger partial charge >= 0.3 is 5.97 Å². The van der Waals surface area contributed by atoms with Gasteiger partial charge in [-0.05, 0) is 31.0 Å². The van der Waals surface area contributed by atoms with Crippen molar-refractivity contribution >= 4 is 28.9 Å². The van der Waals surface area contributed by atoms with Gasteiger partial charge in [-0.25, -0.2) is 9.78 Å². The average Bonchev–Trinajstić information content (AvgIpc) is 2.87. The zero-order valence-corrected chi connectivity index (χ0v) is 12.5. The molecule has 106 valence electrons. The van der Waals surface area contributed by atoms with Gasteiger partial charge in [0, 0.05) is 11.8 Å². The highest BCUT2D eigenvalue weighted by Crippen LogP contribution is 2.25. The van der Waals surface area contributed by atoms with Crippen LogP contribution in [-0.2, 0) is 6.42 Å². The number of nitrogens with zero attached hydrogens (tertiary/aromatic N) is 1. The van der Waals surface area contributed by atoms with Crippen LogP contribution in [0.4, 0.5) is 0 Å². The number of ether oxygens (including phenoxy) is 1. The quantitative estimate of drug-likeness (QED) is 0.824. The summed E-state index contributed by atoms with van der Waals surface area (Å²) in [4.78, 5) is 14.7. The lowest BCUT2D eigenvalue weighted by atomic mass is 10.2. The molecule has 1 aromatic carbocycles. The molecule has 1 N–H and O–H groups in total. The van der Waals surface area contributed by atoms with E-state index in [4.69, 9.17) is 21.4 Å². The molecule has 0 fully saturated rings. The number of hydrogen-bond acceptors (Lipinski definition) is 4. The normalized spacial score (nSPS) is 10.5. The first-order chi connectivity index (χ1) is 9.56. The number of thiazole rings is 1. The van der Waals surface area contributed by atoms with Crippen LogP contribution in [0.1, 0.15) is 27.5 Å². The van der Waals surface area contributed by atoms with Gasteiger partial charge in [0.05, 0.1) is 16.6 Å². The molecule has 0 radical (unpaired) electrons. The molecule has 0 unspecified atom stereocenters. The van der Waals surface area contributed by atoms with E-state index >= 15 is 0 Å². The van der Waals surface area contributed by atoms with E-state index in [9.17, 15) is 4.79 Å². The fraction of sp³-hybridized carbons (Fsp3) is 0.286. The number of halogens is 1. The number of aromatic carboxylic acids is 1. The Balaban J connectivity index is 1.81. The van der Waals surface area contributed by atoms with Crippen LogP contribution in [0.15, 0.2) is 23.6 Å². The third-order valence-electron chi connectivity index (χ3n) is 2.65. The van der Waals surface area contributed by atoms with Gasteiger partial charge in [0.2, 0.25) is 0 Å². The lowest BCUT2D eigenvalue weighted by molar-refractivity contribution is 0.0691. The summed E-state index contributed by atoms with van der Waals surface area (Å²) in [5.74, 6) is -0.313. The molecule has 0 bridgehead atoms.